The number of hydrogen-bond acceptors (Lipinski definition) is 5. The number of ether oxygens (including phenoxy) is 1. The maximum absolute atomic E-state index is 11.8. The van der Waals surface area contributed by atoms with Crippen molar-refractivity contribution in [3.05, 3.63) is 16.1 Å². The molecular formula is C12H17N3O3S. The van der Waals surface area contributed by atoms with E-state index in [1.54, 1.807) is 18.4 Å². The smallest absolute Gasteiger partial charge is 0.332 e. The van der Waals surface area contributed by atoms with Gasteiger partial charge in [0.25, 0.3) is 0 Å². The van der Waals surface area contributed by atoms with Crippen molar-refractivity contribution in [3.63, 3.8) is 0 Å². The molecule has 2 heterocycles. The molecule has 0 aromatic carbocycles. The second-order valence-electron chi connectivity index (χ2n) is 4.82. The fourth-order valence-electron chi connectivity index (χ4n) is 1.57. The van der Waals surface area contributed by atoms with Gasteiger partial charge in [-0.05, 0) is 0 Å². The van der Waals surface area contributed by atoms with Crippen LogP contribution in [0, 0.1) is 0 Å². The standard InChI is InChI=1S/C12H17N3O3S/c1-7(2)10-13-8(6-19-10)4-15(3)12(17)14-9-5-18-11(9)16/h6-7,9H,4-5H2,1-3H3,(H,14,17). The summed E-state index contributed by atoms with van der Waals surface area (Å²) in [7, 11) is 1.67. The van der Waals surface area contributed by atoms with Gasteiger partial charge in [0.2, 0.25) is 0 Å². The molecule has 0 radical (unpaired) electrons. The summed E-state index contributed by atoms with van der Waals surface area (Å²) in [5.41, 5.74) is 0.863. The highest BCUT2D eigenvalue weighted by Gasteiger charge is 2.32. The Bertz CT molecular complexity index is 486. The molecule has 19 heavy (non-hydrogen) atoms. The molecule has 2 rings (SSSR count). The highest BCUT2D eigenvalue weighted by atomic mass is 32.1. The third-order valence-electron chi connectivity index (χ3n) is 2.78. The van der Waals surface area contributed by atoms with Crippen LogP contribution in [0.1, 0.15) is 30.5 Å². The summed E-state index contributed by atoms with van der Waals surface area (Å²) in [4.78, 5) is 28.7. The Hall–Kier alpha value is -1.63. The number of aromatic nitrogens is 1. The van der Waals surface area contributed by atoms with E-state index in [9.17, 15) is 9.59 Å². The lowest BCUT2D eigenvalue weighted by molar-refractivity contribution is -0.162. The van der Waals surface area contributed by atoms with Crippen LogP contribution in [0.3, 0.4) is 0 Å². The lowest BCUT2D eigenvalue weighted by Gasteiger charge is -2.27. The van der Waals surface area contributed by atoms with E-state index in [4.69, 9.17) is 0 Å². The number of thiazole rings is 1. The van der Waals surface area contributed by atoms with E-state index in [0.29, 0.717) is 12.5 Å². The Morgan fingerprint density at radius 3 is 2.89 bits per heavy atom. The summed E-state index contributed by atoms with van der Waals surface area (Å²) < 4.78 is 4.59. The van der Waals surface area contributed by atoms with Crippen molar-refractivity contribution in [3.8, 4) is 0 Å². The molecule has 1 N–H and O–H groups in total. The van der Waals surface area contributed by atoms with Gasteiger partial charge in [0.05, 0.1) is 17.2 Å². The van der Waals surface area contributed by atoms with E-state index in [2.05, 4.69) is 28.9 Å². The van der Waals surface area contributed by atoms with Gasteiger partial charge in [0.15, 0.2) is 6.04 Å². The number of hydrogen-bond donors (Lipinski definition) is 1. The van der Waals surface area contributed by atoms with Crippen molar-refractivity contribution >= 4 is 23.3 Å². The number of nitrogens with zero attached hydrogens (tertiary/aromatic N) is 2. The third kappa shape index (κ3) is 3.23. The van der Waals surface area contributed by atoms with Crippen molar-refractivity contribution < 1.29 is 14.3 Å². The Labute approximate surface area is 115 Å². The number of urea groups is 1. The molecule has 1 fully saturated rings. The van der Waals surface area contributed by atoms with Crippen LogP contribution >= 0.6 is 11.3 Å². The number of cyclic esters (lactones) is 1. The van der Waals surface area contributed by atoms with E-state index in [-0.39, 0.29) is 18.6 Å². The highest BCUT2D eigenvalue weighted by Crippen LogP contribution is 2.19. The molecule has 6 nitrogen and oxygen atoms in total. The van der Waals surface area contributed by atoms with E-state index < -0.39 is 6.04 Å². The molecular weight excluding hydrogens is 266 g/mol. The predicted octanol–water partition coefficient (Wildman–Crippen LogP) is 1.33. The monoisotopic (exact) mass is 283 g/mol. The van der Waals surface area contributed by atoms with Crippen LogP contribution in [-0.2, 0) is 16.1 Å². The largest absolute Gasteiger partial charge is 0.461 e. The second kappa shape index (κ2) is 5.56. The molecule has 2 amide bonds. The fourth-order valence-corrected chi connectivity index (χ4v) is 2.40. The van der Waals surface area contributed by atoms with Gasteiger partial charge in [-0.1, -0.05) is 13.8 Å². The molecule has 104 valence electrons. The van der Waals surface area contributed by atoms with Crippen LogP contribution in [-0.4, -0.2) is 41.6 Å². The minimum Gasteiger partial charge on any atom is -0.461 e. The number of amides is 2. The van der Waals surface area contributed by atoms with Gasteiger partial charge >= 0.3 is 12.0 Å². The Morgan fingerprint density at radius 2 is 2.42 bits per heavy atom. The van der Waals surface area contributed by atoms with Gasteiger partial charge in [-0.2, -0.15) is 0 Å². The molecule has 0 bridgehead atoms. The molecule has 1 aliphatic heterocycles. The summed E-state index contributed by atoms with van der Waals surface area (Å²) in [6.45, 7) is 4.85. The number of esters is 1. The summed E-state index contributed by atoms with van der Waals surface area (Å²) in [5, 5.41) is 5.62. The highest BCUT2D eigenvalue weighted by molar-refractivity contribution is 7.09. The first kappa shape index (κ1) is 13.8. The molecule has 1 aromatic heterocycles. The van der Waals surface area contributed by atoms with Crippen LogP contribution in [0.5, 0.6) is 0 Å². The molecule has 0 aliphatic carbocycles. The van der Waals surface area contributed by atoms with E-state index in [1.165, 1.54) is 4.90 Å². The summed E-state index contributed by atoms with van der Waals surface area (Å²) in [5.74, 6) is 0.0140. The van der Waals surface area contributed by atoms with Gasteiger partial charge < -0.3 is 15.0 Å². The van der Waals surface area contributed by atoms with Crippen LogP contribution in [0.4, 0.5) is 4.79 Å². The molecule has 1 atom stereocenters. The number of carbonyl (C=O) groups excluding carboxylic acids is 2. The molecule has 1 aliphatic rings. The lowest BCUT2D eigenvalue weighted by Crippen LogP contribution is -2.55. The van der Waals surface area contributed by atoms with Gasteiger partial charge in [-0.15, -0.1) is 11.3 Å². The van der Waals surface area contributed by atoms with Crippen molar-refractivity contribution in [2.75, 3.05) is 13.7 Å². The first-order valence-corrected chi connectivity index (χ1v) is 6.98. The lowest BCUT2D eigenvalue weighted by atomic mass is 10.2. The summed E-state index contributed by atoms with van der Waals surface area (Å²) in [6.07, 6.45) is 0. The predicted molar refractivity (Wildman–Crippen MR) is 70.9 cm³/mol. The maximum atomic E-state index is 11.8. The van der Waals surface area contributed by atoms with Crippen molar-refractivity contribution in [1.82, 2.24) is 15.2 Å². The topological polar surface area (TPSA) is 71.5 Å². The average Bonchev–Trinajstić information content (AvgIpc) is 2.82. The molecule has 7 heteroatoms. The third-order valence-corrected chi connectivity index (χ3v) is 3.98. The fraction of sp³-hybridized carbons (Fsp3) is 0.583. The second-order valence-corrected chi connectivity index (χ2v) is 5.71. The Balaban J connectivity index is 1.86. The van der Waals surface area contributed by atoms with E-state index in [0.717, 1.165) is 10.7 Å². The molecule has 1 aromatic rings. The van der Waals surface area contributed by atoms with Gasteiger partial charge in [-0.25, -0.2) is 14.6 Å². The average molecular weight is 283 g/mol. The van der Waals surface area contributed by atoms with Crippen LogP contribution < -0.4 is 5.32 Å². The van der Waals surface area contributed by atoms with Crippen molar-refractivity contribution in [2.45, 2.75) is 32.4 Å². The number of rotatable bonds is 4. The Kier molecular flexibility index (Phi) is 4.04. The van der Waals surface area contributed by atoms with Crippen LogP contribution in [0.15, 0.2) is 5.38 Å². The SMILES string of the molecule is CC(C)c1nc(CN(C)C(=O)NC2COC2=O)cs1. The van der Waals surface area contributed by atoms with Gasteiger partial charge in [0, 0.05) is 18.3 Å². The number of carbonyl (C=O) groups is 2. The minimum atomic E-state index is -0.503. The maximum Gasteiger partial charge on any atom is 0.332 e. The first-order chi connectivity index (χ1) is 8.97. The summed E-state index contributed by atoms with van der Waals surface area (Å²) >= 11 is 1.60. The summed E-state index contributed by atoms with van der Waals surface area (Å²) in [6, 6.07) is -0.794. The van der Waals surface area contributed by atoms with Crippen LogP contribution in [0.2, 0.25) is 0 Å². The molecule has 0 saturated carbocycles. The number of nitrogens with one attached hydrogen (secondary N) is 1. The molecule has 0 spiro atoms. The molecule has 1 saturated heterocycles. The van der Waals surface area contributed by atoms with Crippen LogP contribution in [0.25, 0.3) is 0 Å². The van der Waals surface area contributed by atoms with E-state index >= 15 is 0 Å². The quantitative estimate of drug-likeness (QED) is 0.846. The Morgan fingerprint density at radius 1 is 1.68 bits per heavy atom. The van der Waals surface area contributed by atoms with Gasteiger partial charge in [0.1, 0.15) is 6.61 Å². The normalized spacial score (nSPS) is 17.9. The molecule has 1 unspecified atom stereocenters. The van der Waals surface area contributed by atoms with Crippen molar-refractivity contribution in [2.24, 2.45) is 0 Å². The van der Waals surface area contributed by atoms with Crippen molar-refractivity contribution in [1.29, 1.82) is 0 Å². The zero-order valence-electron chi connectivity index (χ0n) is 11.2. The zero-order chi connectivity index (χ0) is 14.0. The minimum absolute atomic E-state index is 0.257. The zero-order valence-corrected chi connectivity index (χ0v) is 12.0. The van der Waals surface area contributed by atoms with E-state index in [1.807, 2.05) is 5.38 Å². The first-order valence-electron chi connectivity index (χ1n) is 6.10. The van der Waals surface area contributed by atoms with Gasteiger partial charge in [-0.3, -0.25) is 0 Å².